The van der Waals surface area contributed by atoms with Crippen LogP contribution in [0.1, 0.15) is 41.6 Å². The van der Waals surface area contributed by atoms with Crippen molar-refractivity contribution in [3.63, 3.8) is 0 Å². The third-order valence-electron chi connectivity index (χ3n) is 3.67. The highest BCUT2D eigenvalue weighted by molar-refractivity contribution is 5.97. The number of nitrogens with two attached hydrogens (primary N) is 1. The van der Waals surface area contributed by atoms with Crippen LogP contribution in [0.3, 0.4) is 0 Å². The summed E-state index contributed by atoms with van der Waals surface area (Å²) in [6, 6.07) is 5.18. The number of nitrogens with one attached hydrogen (secondary N) is 1. The van der Waals surface area contributed by atoms with Crippen molar-refractivity contribution in [2.24, 2.45) is 0 Å². The third kappa shape index (κ3) is 2.64. The Morgan fingerprint density at radius 1 is 1.39 bits per heavy atom. The zero-order valence-corrected chi connectivity index (χ0v) is 10.6. The lowest BCUT2D eigenvalue weighted by Crippen LogP contribution is -2.45. The van der Waals surface area contributed by atoms with Crippen molar-refractivity contribution in [2.45, 2.75) is 44.8 Å². The highest BCUT2D eigenvalue weighted by Crippen LogP contribution is 2.20. The summed E-state index contributed by atoms with van der Waals surface area (Å²) in [7, 11) is 0. The van der Waals surface area contributed by atoms with Crippen molar-refractivity contribution in [1.82, 2.24) is 5.32 Å². The summed E-state index contributed by atoms with van der Waals surface area (Å²) < 4.78 is 0. The van der Waals surface area contributed by atoms with Crippen LogP contribution in [0, 0.1) is 6.92 Å². The van der Waals surface area contributed by atoms with Crippen LogP contribution in [0.5, 0.6) is 0 Å². The lowest BCUT2D eigenvalue weighted by molar-refractivity contribution is 0.0717. The van der Waals surface area contributed by atoms with E-state index in [0.717, 1.165) is 31.2 Å². The first-order valence-electron chi connectivity index (χ1n) is 6.43. The number of benzene rings is 1. The van der Waals surface area contributed by atoms with E-state index >= 15 is 0 Å². The number of anilines is 1. The van der Waals surface area contributed by atoms with Gasteiger partial charge >= 0.3 is 0 Å². The highest BCUT2D eigenvalue weighted by atomic mass is 16.3. The smallest absolute Gasteiger partial charge is 0.251 e. The number of rotatable bonds is 2. The molecule has 0 aliphatic heterocycles. The van der Waals surface area contributed by atoms with Crippen LogP contribution in [0.2, 0.25) is 0 Å². The summed E-state index contributed by atoms with van der Waals surface area (Å²) in [4.78, 5) is 12.2. The van der Waals surface area contributed by atoms with Gasteiger partial charge in [0.1, 0.15) is 0 Å². The summed E-state index contributed by atoms with van der Waals surface area (Å²) in [5.41, 5.74) is 7.79. The van der Waals surface area contributed by atoms with Gasteiger partial charge in [0.25, 0.3) is 5.91 Å². The molecule has 2 rings (SSSR count). The van der Waals surface area contributed by atoms with E-state index in [0.29, 0.717) is 11.3 Å². The fraction of sp³-hybridized carbons (Fsp3) is 0.500. The Labute approximate surface area is 107 Å². The molecule has 2 atom stereocenters. The molecule has 0 aromatic heterocycles. The monoisotopic (exact) mass is 248 g/mol. The van der Waals surface area contributed by atoms with E-state index in [-0.39, 0.29) is 11.9 Å². The van der Waals surface area contributed by atoms with Gasteiger partial charge in [-0.25, -0.2) is 0 Å². The molecule has 1 amide bonds. The lowest BCUT2D eigenvalue weighted by Gasteiger charge is -2.28. The van der Waals surface area contributed by atoms with E-state index < -0.39 is 6.10 Å². The fourth-order valence-electron chi connectivity index (χ4n) is 2.43. The zero-order valence-electron chi connectivity index (χ0n) is 10.6. The zero-order chi connectivity index (χ0) is 13.1. The SMILES string of the molecule is Cc1c(N)cccc1C(=O)N[C@@H]1CCCC[C@H]1O. The topological polar surface area (TPSA) is 75.4 Å². The molecule has 18 heavy (non-hydrogen) atoms. The lowest BCUT2D eigenvalue weighted by atomic mass is 9.92. The maximum Gasteiger partial charge on any atom is 0.251 e. The number of hydrogen-bond acceptors (Lipinski definition) is 3. The van der Waals surface area contributed by atoms with Gasteiger partial charge in [0.05, 0.1) is 12.1 Å². The Morgan fingerprint density at radius 3 is 2.83 bits per heavy atom. The van der Waals surface area contributed by atoms with Crippen LogP contribution in [0.4, 0.5) is 5.69 Å². The Bertz CT molecular complexity index is 445. The van der Waals surface area contributed by atoms with Crippen LogP contribution in [0.25, 0.3) is 0 Å². The average molecular weight is 248 g/mol. The first-order chi connectivity index (χ1) is 8.59. The number of hydrogen-bond donors (Lipinski definition) is 3. The van der Waals surface area contributed by atoms with Gasteiger partial charge in [-0.1, -0.05) is 18.9 Å². The van der Waals surface area contributed by atoms with Crippen LogP contribution < -0.4 is 11.1 Å². The van der Waals surface area contributed by atoms with E-state index in [4.69, 9.17) is 5.73 Å². The van der Waals surface area contributed by atoms with Crippen molar-refractivity contribution in [3.8, 4) is 0 Å². The quantitative estimate of drug-likeness (QED) is 0.696. The van der Waals surface area contributed by atoms with Crippen LogP contribution >= 0.6 is 0 Å². The molecule has 98 valence electrons. The minimum atomic E-state index is -0.427. The Kier molecular flexibility index (Phi) is 3.87. The maximum atomic E-state index is 12.2. The molecule has 1 aliphatic carbocycles. The summed E-state index contributed by atoms with van der Waals surface area (Å²) in [5, 5.41) is 12.8. The molecule has 0 saturated heterocycles. The number of nitrogen functional groups attached to an aromatic ring is 1. The van der Waals surface area contributed by atoms with Gasteiger partial charge in [0.15, 0.2) is 0 Å². The molecule has 1 aliphatic rings. The minimum Gasteiger partial charge on any atom is -0.398 e. The Balaban J connectivity index is 2.09. The highest BCUT2D eigenvalue weighted by Gasteiger charge is 2.25. The number of amides is 1. The molecule has 1 aromatic carbocycles. The van der Waals surface area contributed by atoms with Crippen LogP contribution in [0.15, 0.2) is 18.2 Å². The van der Waals surface area contributed by atoms with Crippen molar-refractivity contribution in [2.75, 3.05) is 5.73 Å². The molecule has 1 fully saturated rings. The summed E-state index contributed by atoms with van der Waals surface area (Å²) in [5.74, 6) is -0.147. The van der Waals surface area contributed by atoms with Gasteiger partial charge < -0.3 is 16.2 Å². The Hall–Kier alpha value is -1.55. The first kappa shape index (κ1) is 12.9. The van der Waals surface area contributed by atoms with E-state index in [1.165, 1.54) is 0 Å². The van der Waals surface area contributed by atoms with Crippen molar-refractivity contribution < 1.29 is 9.90 Å². The van der Waals surface area contributed by atoms with E-state index in [1.807, 2.05) is 6.92 Å². The van der Waals surface area contributed by atoms with Crippen LogP contribution in [-0.2, 0) is 0 Å². The summed E-state index contributed by atoms with van der Waals surface area (Å²) in [6.45, 7) is 1.83. The summed E-state index contributed by atoms with van der Waals surface area (Å²) in [6.07, 6.45) is 3.27. The normalized spacial score (nSPS) is 23.7. The average Bonchev–Trinajstić information content (AvgIpc) is 2.35. The number of aliphatic hydroxyl groups excluding tert-OH is 1. The predicted octanol–water partition coefficient (Wildman–Crippen LogP) is 1.61. The molecule has 0 heterocycles. The molecule has 1 saturated carbocycles. The number of carbonyl (C=O) groups is 1. The molecule has 0 unspecified atom stereocenters. The molecular formula is C14H20N2O2. The standard InChI is InChI=1S/C14H20N2O2/c1-9-10(5-4-6-11(9)15)14(18)16-12-7-2-3-8-13(12)17/h4-6,12-13,17H,2-3,7-8,15H2,1H3,(H,16,18)/t12-,13-/m1/s1. The molecule has 4 heteroatoms. The fourth-order valence-corrected chi connectivity index (χ4v) is 2.43. The Morgan fingerprint density at radius 2 is 2.11 bits per heavy atom. The number of carbonyl (C=O) groups excluding carboxylic acids is 1. The van der Waals surface area contributed by atoms with E-state index in [1.54, 1.807) is 18.2 Å². The predicted molar refractivity (Wildman–Crippen MR) is 71.3 cm³/mol. The molecule has 0 radical (unpaired) electrons. The second-order valence-electron chi connectivity index (χ2n) is 4.95. The molecule has 0 bridgehead atoms. The molecular weight excluding hydrogens is 228 g/mol. The van der Waals surface area contributed by atoms with Gasteiger partial charge in [-0.2, -0.15) is 0 Å². The van der Waals surface area contributed by atoms with Gasteiger partial charge in [0, 0.05) is 11.3 Å². The second-order valence-corrected chi connectivity index (χ2v) is 4.95. The van der Waals surface area contributed by atoms with E-state index in [9.17, 15) is 9.90 Å². The van der Waals surface area contributed by atoms with Gasteiger partial charge in [-0.3, -0.25) is 4.79 Å². The third-order valence-corrected chi connectivity index (χ3v) is 3.67. The van der Waals surface area contributed by atoms with Gasteiger partial charge in [-0.15, -0.1) is 0 Å². The van der Waals surface area contributed by atoms with Crippen molar-refractivity contribution >= 4 is 11.6 Å². The van der Waals surface area contributed by atoms with Crippen LogP contribution in [-0.4, -0.2) is 23.2 Å². The molecule has 0 spiro atoms. The number of aliphatic hydroxyl groups is 1. The van der Waals surface area contributed by atoms with Crippen molar-refractivity contribution in [3.05, 3.63) is 29.3 Å². The van der Waals surface area contributed by atoms with E-state index in [2.05, 4.69) is 5.32 Å². The minimum absolute atomic E-state index is 0.132. The molecule has 1 aromatic rings. The maximum absolute atomic E-state index is 12.2. The van der Waals surface area contributed by atoms with Crippen molar-refractivity contribution in [1.29, 1.82) is 0 Å². The largest absolute Gasteiger partial charge is 0.398 e. The van der Waals surface area contributed by atoms with Gasteiger partial charge in [-0.05, 0) is 37.5 Å². The second kappa shape index (κ2) is 5.40. The van der Waals surface area contributed by atoms with Gasteiger partial charge in [0.2, 0.25) is 0 Å². The molecule has 4 nitrogen and oxygen atoms in total. The first-order valence-corrected chi connectivity index (χ1v) is 6.43. The summed E-state index contributed by atoms with van der Waals surface area (Å²) >= 11 is 0. The molecule has 4 N–H and O–H groups in total.